The average molecular weight is 291 g/mol. The molecule has 0 aromatic carbocycles. The van der Waals surface area contributed by atoms with Gasteiger partial charge in [0, 0.05) is 18.3 Å². The first kappa shape index (κ1) is 14.6. The van der Waals surface area contributed by atoms with Gasteiger partial charge in [0.25, 0.3) is 5.91 Å². The van der Waals surface area contributed by atoms with Crippen molar-refractivity contribution in [1.29, 1.82) is 0 Å². The molecule has 2 heterocycles. The summed E-state index contributed by atoms with van der Waals surface area (Å²) in [5.74, 6) is -0.00219. The number of aliphatic hydroxyl groups is 1. The van der Waals surface area contributed by atoms with Crippen LogP contribution in [0.2, 0.25) is 0 Å². The smallest absolute Gasteiger partial charge is 0.268 e. The highest BCUT2D eigenvalue weighted by Gasteiger charge is 2.24. The van der Waals surface area contributed by atoms with E-state index in [1.165, 1.54) is 0 Å². The first-order valence-corrected chi connectivity index (χ1v) is 8.10. The fraction of sp³-hybridized carbons (Fsp3) is 0.688. The Kier molecular flexibility index (Phi) is 4.60. The van der Waals surface area contributed by atoms with E-state index in [4.69, 9.17) is 0 Å². The van der Waals surface area contributed by atoms with Gasteiger partial charge < -0.3 is 20.3 Å². The van der Waals surface area contributed by atoms with Gasteiger partial charge in [0.1, 0.15) is 5.69 Å². The van der Waals surface area contributed by atoms with Crippen molar-refractivity contribution in [2.45, 2.75) is 56.7 Å². The molecule has 0 radical (unpaired) electrons. The molecule has 1 aromatic heterocycles. The van der Waals surface area contributed by atoms with Crippen molar-refractivity contribution in [2.24, 2.45) is 0 Å². The number of nitrogens with one attached hydrogen (secondary N) is 2. The summed E-state index contributed by atoms with van der Waals surface area (Å²) in [6.45, 7) is 2.03. The standard InChI is InChI=1S/C16H25N3O2/c20-14-4-1-3-12(11-14)18-16(21)15-5-2-10-19(15)13-6-8-17-9-7-13/h2,5,10,12-14,17,20H,1,3-4,6-9,11H2,(H,18,21). The minimum absolute atomic E-state index is 0.00219. The third-order valence-electron chi connectivity index (χ3n) is 4.70. The Morgan fingerprint density at radius 1 is 1.29 bits per heavy atom. The molecule has 2 unspecified atom stereocenters. The zero-order valence-electron chi connectivity index (χ0n) is 12.4. The topological polar surface area (TPSA) is 66.3 Å². The molecule has 1 aliphatic heterocycles. The van der Waals surface area contributed by atoms with Gasteiger partial charge in [-0.2, -0.15) is 0 Å². The molecular weight excluding hydrogens is 266 g/mol. The van der Waals surface area contributed by atoms with E-state index >= 15 is 0 Å². The van der Waals surface area contributed by atoms with Crippen LogP contribution in [-0.4, -0.2) is 40.8 Å². The summed E-state index contributed by atoms with van der Waals surface area (Å²) in [5, 5.41) is 16.2. The molecule has 1 saturated carbocycles. The molecule has 3 N–H and O–H groups in total. The van der Waals surface area contributed by atoms with Crippen LogP contribution in [-0.2, 0) is 0 Å². The average Bonchev–Trinajstić information content (AvgIpc) is 2.98. The molecule has 0 spiro atoms. The normalized spacial score (nSPS) is 27.5. The number of piperidine rings is 1. The fourth-order valence-electron chi connectivity index (χ4n) is 3.54. The summed E-state index contributed by atoms with van der Waals surface area (Å²) in [5.41, 5.74) is 0.752. The van der Waals surface area contributed by atoms with Gasteiger partial charge in [-0.3, -0.25) is 4.79 Å². The number of carbonyl (C=O) groups excluding carboxylic acids is 1. The number of rotatable bonds is 3. The predicted molar refractivity (Wildman–Crippen MR) is 81.3 cm³/mol. The molecule has 2 fully saturated rings. The van der Waals surface area contributed by atoms with Crippen LogP contribution in [0.1, 0.15) is 55.1 Å². The maximum absolute atomic E-state index is 12.5. The number of hydrogen-bond donors (Lipinski definition) is 3. The zero-order valence-corrected chi connectivity index (χ0v) is 12.4. The molecule has 2 aliphatic rings. The Balaban J connectivity index is 1.65. The van der Waals surface area contributed by atoms with E-state index < -0.39 is 0 Å². The van der Waals surface area contributed by atoms with Gasteiger partial charge in [0.2, 0.25) is 0 Å². The monoisotopic (exact) mass is 291 g/mol. The van der Waals surface area contributed by atoms with Crippen LogP contribution >= 0.6 is 0 Å². The SMILES string of the molecule is O=C(NC1CCCC(O)C1)c1cccn1C1CCNCC1. The van der Waals surface area contributed by atoms with E-state index in [0.717, 1.165) is 50.9 Å². The van der Waals surface area contributed by atoms with Crippen molar-refractivity contribution >= 4 is 5.91 Å². The first-order chi connectivity index (χ1) is 10.2. The van der Waals surface area contributed by atoms with E-state index in [-0.39, 0.29) is 18.1 Å². The number of aromatic nitrogens is 1. The molecule has 1 amide bonds. The maximum atomic E-state index is 12.5. The third kappa shape index (κ3) is 3.47. The van der Waals surface area contributed by atoms with Gasteiger partial charge in [0.15, 0.2) is 0 Å². The molecule has 2 atom stereocenters. The van der Waals surface area contributed by atoms with Crippen LogP contribution in [0.25, 0.3) is 0 Å². The van der Waals surface area contributed by atoms with Crippen LogP contribution in [0.4, 0.5) is 0 Å². The molecule has 0 bridgehead atoms. The Morgan fingerprint density at radius 2 is 2.10 bits per heavy atom. The van der Waals surface area contributed by atoms with E-state index in [9.17, 15) is 9.90 Å². The second kappa shape index (κ2) is 6.62. The Bertz CT molecular complexity index is 480. The Labute approximate surface area is 125 Å². The second-order valence-corrected chi connectivity index (χ2v) is 6.27. The lowest BCUT2D eigenvalue weighted by molar-refractivity contribution is 0.0839. The van der Waals surface area contributed by atoms with Crippen molar-refractivity contribution in [2.75, 3.05) is 13.1 Å². The number of amides is 1. The van der Waals surface area contributed by atoms with Crippen molar-refractivity contribution in [3.63, 3.8) is 0 Å². The van der Waals surface area contributed by atoms with Gasteiger partial charge in [-0.15, -0.1) is 0 Å². The van der Waals surface area contributed by atoms with Crippen LogP contribution < -0.4 is 10.6 Å². The highest BCUT2D eigenvalue weighted by Crippen LogP contribution is 2.22. The summed E-state index contributed by atoms with van der Waals surface area (Å²) < 4.78 is 2.12. The molecule has 5 heteroatoms. The summed E-state index contributed by atoms with van der Waals surface area (Å²) in [6, 6.07) is 4.38. The van der Waals surface area contributed by atoms with Crippen LogP contribution in [0.15, 0.2) is 18.3 Å². The van der Waals surface area contributed by atoms with Gasteiger partial charge >= 0.3 is 0 Å². The molecular formula is C16H25N3O2. The van der Waals surface area contributed by atoms with Crippen molar-refractivity contribution in [1.82, 2.24) is 15.2 Å². The Hall–Kier alpha value is -1.33. The summed E-state index contributed by atoms with van der Waals surface area (Å²) in [4.78, 5) is 12.5. The largest absolute Gasteiger partial charge is 0.393 e. The van der Waals surface area contributed by atoms with Crippen molar-refractivity contribution < 1.29 is 9.90 Å². The zero-order chi connectivity index (χ0) is 14.7. The predicted octanol–water partition coefficient (Wildman–Crippen LogP) is 1.45. The van der Waals surface area contributed by atoms with Crippen molar-refractivity contribution in [3.05, 3.63) is 24.0 Å². The molecule has 3 rings (SSSR count). The minimum Gasteiger partial charge on any atom is -0.393 e. The maximum Gasteiger partial charge on any atom is 0.268 e. The van der Waals surface area contributed by atoms with Crippen molar-refractivity contribution in [3.8, 4) is 0 Å². The summed E-state index contributed by atoms with van der Waals surface area (Å²) in [7, 11) is 0. The lowest BCUT2D eigenvalue weighted by Gasteiger charge is -2.28. The lowest BCUT2D eigenvalue weighted by atomic mass is 9.93. The number of hydrogen-bond acceptors (Lipinski definition) is 3. The van der Waals surface area contributed by atoms with Gasteiger partial charge in [-0.1, -0.05) is 0 Å². The Morgan fingerprint density at radius 3 is 2.86 bits per heavy atom. The molecule has 5 nitrogen and oxygen atoms in total. The summed E-state index contributed by atoms with van der Waals surface area (Å²) >= 11 is 0. The molecule has 1 aromatic rings. The number of aliphatic hydroxyl groups excluding tert-OH is 1. The van der Waals surface area contributed by atoms with E-state index in [1.807, 2.05) is 18.3 Å². The third-order valence-corrected chi connectivity index (χ3v) is 4.70. The highest BCUT2D eigenvalue weighted by molar-refractivity contribution is 5.93. The number of carbonyl (C=O) groups is 1. The van der Waals surface area contributed by atoms with E-state index in [0.29, 0.717) is 12.5 Å². The van der Waals surface area contributed by atoms with Gasteiger partial charge in [-0.25, -0.2) is 0 Å². The molecule has 1 aliphatic carbocycles. The van der Waals surface area contributed by atoms with Gasteiger partial charge in [0.05, 0.1) is 6.10 Å². The molecule has 116 valence electrons. The van der Waals surface area contributed by atoms with Crippen LogP contribution in [0.5, 0.6) is 0 Å². The molecule has 21 heavy (non-hydrogen) atoms. The highest BCUT2D eigenvalue weighted by atomic mass is 16.3. The van der Waals surface area contributed by atoms with Crippen LogP contribution in [0, 0.1) is 0 Å². The minimum atomic E-state index is -0.264. The van der Waals surface area contributed by atoms with Crippen LogP contribution in [0.3, 0.4) is 0 Å². The quantitative estimate of drug-likeness (QED) is 0.789. The first-order valence-electron chi connectivity index (χ1n) is 8.10. The van der Waals surface area contributed by atoms with E-state index in [2.05, 4.69) is 15.2 Å². The second-order valence-electron chi connectivity index (χ2n) is 6.27. The van der Waals surface area contributed by atoms with E-state index in [1.54, 1.807) is 0 Å². The van der Waals surface area contributed by atoms with Gasteiger partial charge in [-0.05, 0) is 63.7 Å². The number of nitrogens with zero attached hydrogens (tertiary/aromatic N) is 1. The lowest BCUT2D eigenvalue weighted by Crippen LogP contribution is -2.41. The summed E-state index contributed by atoms with van der Waals surface area (Å²) in [6.07, 6.45) is 7.38. The fourth-order valence-corrected chi connectivity index (χ4v) is 3.54. The molecule has 1 saturated heterocycles.